The number of carbonyl (C=O) groups excluding carboxylic acids is 1. The summed E-state index contributed by atoms with van der Waals surface area (Å²) >= 11 is 0. The number of hydrogen-bond acceptors (Lipinski definition) is 8. The number of carbonyl (C=O) groups is 1. The van der Waals surface area contributed by atoms with E-state index in [2.05, 4.69) is 43.5 Å². The molecule has 0 aliphatic carbocycles. The number of hydrogen-bond donors (Lipinski definition) is 6. The molecule has 0 bridgehead atoms. The standard InChI is InChI=1S/C81H155NO8/c1-3-5-7-9-11-13-15-17-19-21-23-25-27-29-31-32-33-34-35-36-37-38-39-40-41-42-43-44-45-47-49-51-53-55-57-59-61-63-65-67-69-71-77(85)82-74(73-89-81-80(88)79(87)78(86)76(72-83)90-81)75(84)70-68-66-64-62-60-58-56-54-52-50-48-46-30-28-26-24-22-20-18-16-14-12-10-8-6-4-2/h15,17,21,23,68,70,74-76,78-81,83-84,86-88H,3-14,16,18-20,22,24-67,69,71-73H2,1-2H3,(H,82,85)/b17-15-,23-21-,70-68+. The quantitative estimate of drug-likeness (QED) is 0.0261. The van der Waals surface area contributed by atoms with Crippen molar-refractivity contribution in [2.45, 2.75) is 461 Å². The van der Waals surface area contributed by atoms with Crippen LogP contribution in [0.4, 0.5) is 0 Å². The van der Waals surface area contributed by atoms with Gasteiger partial charge in [0.15, 0.2) is 6.29 Å². The predicted octanol–water partition coefficient (Wildman–Crippen LogP) is 22.9. The van der Waals surface area contributed by atoms with Crippen molar-refractivity contribution in [3.8, 4) is 0 Å². The number of ether oxygens (including phenoxy) is 2. The molecule has 1 fully saturated rings. The molecule has 7 atom stereocenters. The van der Waals surface area contributed by atoms with E-state index in [-0.39, 0.29) is 12.5 Å². The van der Waals surface area contributed by atoms with Gasteiger partial charge in [-0.2, -0.15) is 0 Å². The lowest BCUT2D eigenvalue weighted by molar-refractivity contribution is -0.302. The first-order valence-electron chi connectivity index (χ1n) is 40.2. The van der Waals surface area contributed by atoms with E-state index in [9.17, 15) is 30.3 Å². The Bertz CT molecular complexity index is 1520. The zero-order valence-corrected chi connectivity index (χ0v) is 59.9. The normalized spacial score (nSPS) is 17.9. The fourth-order valence-electron chi connectivity index (χ4n) is 13.2. The highest BCUT2D eigenvalue weighted by molar-refractivity contribution is 5.76. The SMILES string of the molecule is CCCCCCC/C=C\C/C=C\CCCCCCCCCCCCCCCCCCCCCCCCCCCCCCCC(=O)NC(COC1OC(CO)C(O)C(O)C1O)C(O)/C=C/CCCCCCCCCCCCCCCCCCCCCCCCCC. The van der Waals surface area contributed by atoms with Crippen LogP contribution < -0.4 is 5.32 Å². The average molecular weight is 1270 g/mol. The first kappa shape index (κ1) is 86.4. The number of aliphatic hydroxyl groups excluding tert-OH is 5. The first-order valence-corrected chi connectivity index (χ1v) is 40.2. The van der Waals surface area contributed by atoms with Crippen LogP contribution in [0.15, 0.2) is 36.5 Å². The van der Waals surface area contributed by atoms with Crippen molar-refractivity contribution in [3.63, 3.8) is 0 Å². The minimum atomic E-state index is -1.57. The predicted molar refractivity (Wildman–Crippen MR) is 387 cm³/mol. The van der Waals surface area contributed by atoms with Gasteiger partial charge in [-0.3, -0.25) is 4.79 Å². The summed E-state index contributed by atoms with van der Waals surface area (Å²) in [6, 6.07) is -0.804. The lowest BCUT2D eigenvalue weighted by Gasteiger charge is -2.40. The largest absolute Gasteiger partial charge is 0.394 e. The van der Waals surface area contributed by atoms with Crippen LogP contribution in [0.2, 0.25) is 0 Å². The minimum absolute atomic E-state index is 0.167. The van der Waals surface area contributed by atoms with Gasteiger partial charge in [0.05, 0.1) is 25.4 Å². The number of rotatable bonds is 72. The Kier molecular flexibility index (Phi) is 67.4. The molecule has 7 unspecified atom stereocenters. The van der Waals surface area contributed by atoms with E-state index in [4.69, 9.17) is 9.47 Å². The minimum Gasteiger partial charge on any atom is -0.394 e. The highest BCUT2D eigenvalue weighted by Gasteiger charge is 2.44. The van der Waals surface area contributed by atoms with E-state index in [1.54, 1.807) is 6.08 Å². The second-order valence-electron chi connectivity index (χ2n) is 28.2. The number of nitrogens with one attached hydrogen (secondary N) is 1. The van der Waals surface area contributed by atoms with Crippen LogP contribution in [0.25, 0.3) is 0 Å². The molecule has 0 aromatic heterocycles. The summed E-state index contributed by atoms with van der Waals surface area (Å²) in [6.45, 7) is 3.83. The lowest BCUT2D eigenvalue weighted by Crippen LogP contribution is -2.60. The zero-order chi connectivity index (χ0) is 64.9. The maximum absolute atomic E-state index is 13.2. The molecule has 0 aromatic carbocycles. The number of unbranched alkanes of at least 4 members (excludes halogenated alkanes) is 58. The number of allylic oxidation sites excluding steroid dienone is 5. The van der Waals surface area contributed by atoms with Crippen molar-refractivity contribution in [1.82, 2.24) is 5.32 Å². The fourth-order valence-corrected chi connectivity index (χ4v) is 13.2. The number of aliphatic hydroxyl groups is 5. The number of amides is 1. The van der Waals surface area contributed by atoms with Crippen molar-refractivity contribution in [2.24, 2.45) is 0 Å². The Balaban J connectivity index is 2.03. The molecule has 1 aliphatic rings. The summed E-state index contributed by atoms with van der Waals surface area (Å²) in [7, 11) is 0. The van der Waals surface area contributed by atoms with Crippen molar-refractivity contribution in [2.75, 3.05) is 13.2 Å². The Labute approximate surface area is 559 Å². The summed E-state index contributed by atoms with van der Waals surface area (Å²) in [6.07, 6.45) is 88.7. The van der Waals surface area contributed by atoms with Crippen molar-refractivity contribution in [1.29, 1.82) is 0 Å². The second kappa shape index (κ2) is 70.2. The Morgan fingerprint density at radius 2 is 0.656 bits per heavy atom. The molecule has 0 radical (unpaired) electrons. The van der Waals surface area contributed by atoms with E-state index in [1.165, 1.54) is 353 Å². The third-order valence-corrected chi connectivity index (χ3v) is 19.5. The van der Waals surface area contributed by atoms with Crippen molar-refractivity contribution < 1.29 is 39.8 Å². The Hall–Kier alpha value is -1.59. The van der Waals surface area contributed by atoms with Gasteiger partial charge < -0.3 is 40.3 Å². The van der Waals surface area contributed by atoms with E-state index >= 15 is 0 Å². The molecular formula is C81H155NO8. The molecule has 0 spiro atoms. The molecular weight excluding hydrogens is 1110 g/mol. The summed E-state index contributed by atoms with van der Waals surface area (Å²) < 4.78 is 11.3. The average Bonchev–Trinajstić information content (AvgIpc) is 1.28. The molecule has 1 heterocycles. The maximum atomic E-state index is 13.2. The molecule has 9 nitrogen and oxygen atoms in total. The van der Waals surface area contributed by atoms with E-state index in [0.29, 0.717) is 6.42 Å². The van der Waals surface area contributed by atoms with Crippen molar-refractivity contribution in [3.05, 3.63) is 36.5 Å². The zero-order valence-electron chi connectivity index (χ0n) is 59.9. The van der Waals surface area contributed by atoms with Gasteiger partial charge in [0.25, 0.3) is 0 Å². The van der Waals surface area contributed by atoms with Gasteiger partial charge in [-0.25, -0.2) is 0 Å². The second-order valence-corrected chi connectivity index (χ2v) is 28.2. The monoisotopic (exact) mass is 1270 g/mol. The molecule has 1 saturated heterocycles. The lowest BCUT2D eigenvalue weighted by atomic mass is 9.99. The van der Waals surface area contributed by atoms with Gasteiger partial charge in [0.2, 0.25) is 5.91 Å². The fraction of sp³-hybridized carbons (Fsp3) is 0.914. The molecule has 0 aromatic rings. The van der Waals surface area contributed by atoms with Gasteiger partial charge in [0.1, 0.15) is 24.4 Å². The molecule has 532 valence electrons. The van der Waals surface area contributed by atoms with Crippen LogP contribution in [0.1, 0.15) is 418 Å². The van der Waals surface area contributed by atoms with E-state index < -0.39 is 49.5 Å². The highest BCUT2D eigenvalue weighted by atomic mass is 16.7. The van der Waals surface area contributed by atoms with Crippen molar-refractivity contribution >= 4 is 5.91 Å². The van der Waals surface area contributed by atoms with Crippen LogP contribution in [0, 0.1) is 0 Å². The van der Waals surface area contributed by atoms with E-state index in [1.807, 2.05) is 6.08 Å². The topological polar surface area (TPSA) is 149 Å². The third-order valence-electron chi connectivity index (χ3n) is 19.5. The Morgan fingerprint density at radius 3 is 0.956 bits per heavy atom. The third kappa shape index (κ3) is 57.8. The molecule has 1 amide bonds. The van der Waals surface area contributed by atoms with Gasteiger partial charge in [-0.15, -0.1) is 0 Å². The molecule has 1 rings (SSSR count). The van der Waals surface area contributed by atoms with Gasteiger partial charge in [0, 0.05) is 6.42 Å². The summed E-state index contributed by atoms with van der Waals surface area (Å²) in [5.41, 5.74) is 0. The Morgan fingerprint density at radius 1 is 0.378 bits per heavy atom. The highest BCUT2D eigenvalue weighted by Crippen LogP contribution is 2.24. The van der Waals surface area contributed by atoms with Crippen LogP contribution in [-0.4, -0.2) is 87.5 Å². The molecule has 0 saturated carbocycles. The van der Waals surface area contributed by atoms with Crippen LogP contribution >= 0.6 is 0 Å². The molecule has 9 heteroatoms. The summed E-state index contributed by atoms with van der Waals surface area (Å²) in [5.74, 6) is -0.167. The van der Waals surface area contributed by atoms with Crippen LogP contribution in [0.5, 0.6) is 0 Å². The smallest absolute Gasteiger partial charge is 0.220 e. The molecule has 1 aliphatic heterocycles. The summed E-state index contributed by atoms with van der Waals surface area (Å²) in [5, 5.41) is 54.9. The van der Waals surface area contributed by atoms with Gasteiger partial charge >= 0.3 is 0 Å². The maximum Gasteiger partial charge on any atom is 0.220 e. The molecule has 90 heavy (non-hydrogen) atoms. The molecule has 6 N–H and O–H groups in total. The first-order chi connectivity index (χ1) is 44.3. The van der Waals surface area contributed by atoms with Crippen LogP contribution in [0.3, 0.4) is 0 Å². The van der Waals surface area contributed by atoms with Crippen LogP contribution in [-0.2, 0) is 14.3 Å². The van der Waals surface area contributed by atoms with Gasteiger partial charge in [-0.05, 0) is 51.4 Å². The van der Waals surface area contributed by atoms with Gasteiger partial charge in [-0.1, -0.05) is 397 Å². The van der Waals surface area contributed by atoms with E-state index in [0.717, 1.165) is 44.9 Å². The summed E-state index contributed by atoms with van der Waals surface area (Å²) in [4.78, 5) is 13.2.